The zero-order valence-electron chi connectivity index (χ0n) is 17.4. The van der Waals surface area contributed by atoms with Crippen molar-refractivity contribution >= 4 is 5.91 Å². The minimum absolute atomic E-state index is 0.00948. The number of halogens is 1. The molecular weight excluding hydrogens is 399 g/mol. The van der Waals surface area contributed by atoms with Crippen molar-refractivity contribution in [3.05, 3.63) is 81.8 Å². The fourth-order valence-electron chi connectivity index (χ4n) is 3.88. The fraction of sp³-hybridized carbons (Fsp3) is 0.348. The normalized spacial score (nSPS) is 15.7. The number of methoxy groups -OCH3 is 1. The molecule has 2 heterocycles. The zero-order chi connectivity index (χ0) is 21.8. The number of aryl methyl sites for hydroxylation is 1. The molecule has 31 heavy (non-hydrogen) atoms. The molecule has 162 valence electrons. The first-order valence-corrected chi connectivity index (χ1v) is 10.3. The van der Waals surface area contributed by atoms with Crippen LogP contribution in [0.1, 0.15) is 29.8 Å². The molecule has 0 spiro atoms. The fourth-order valence-corrected chi connectivity index (χ4v) is 3.88. The van der Waals surface area contributed by atoms with E-state index in [1.54, 1.807) is 23.8 Å². The van der Waals surface area contributed by atoms with Crippen LogP contribution in [0.5, 0.6) is 5.75 Å². The smallest absolute Gasteiger partial charge is 0.346 e. The lowest BCUT2D eigenvalue weighted by atomic mass is 10.1. The van der Waals surface area contributed by atoms with Gasteiger partial charge in [0.2, 0.25) is 5.91 Å². The Balaban J connectivity index is 1.36. The number of amides is 1. The Bertz CT molecular complexity index is 1120. The van der Waals surface area contributed by atoms with E-state index in [0.717, 1.165) is 29.1 Å². The summed E-state index contributed by atoms with van der Waals surface area (Å²) in [7, 11) is 1.60. The summed E-state index contributed by atoms with van der Waals surface area (Å²) >= 11 is 0. The van der Waals surface area contributed by atoms with Gasteiger partial charge in [0, 0.05) is 19.0 Å². The predicted molar refractivity (Wildman–Crippen MR) is 114 cm³/mol. The van der Waals surface area contributed by atoms with E-state index >= 15 is 0 Å². The highest BCUT2D eigenvalue weighted by molar-refractivity contribution is 5.79. The second-order valence-corrected chi connectivity index (χ2v) is 7.75. The van der Waals surface area contributed by atoms with Gasteiger partial charge >= 0.3 is 5.69 Å². The second-order valence-electron chi connectivity index (χ2n) is 7.75. The first kappa shape index (κ1) is 20.8. The predicted octanol–water partition coefficient (Wildman–Crippen LogP) is 2.30. The van der Waals surface area contributed by atoms with Gasteiger partial charge in [-0.3, -0.25) is 9.36 Å². The maximum atomic E-state index is 13.1. The molecule has 1 aliphatic heterocycles. The Kier molecular flexibility index (Phi) is 6.16. The van der Waals surface area contributed by atoms with Gasteiger partial charge in [0.25, 0.3) is 0 Å². The van der Waals surface area contributed by atoms with Crippen LogP contribution in [0, 0.1) is 5.82 Å². The maximum absolute atomic E-state index is 13.1. The van der Waals surface area contributed by atoms with Crippen molar-refractivity contribution in [2.24, 2.45) is 0 Å². The Labute approximate surface area is 179 Å². The van der Waals surface area contributed by atoms with Crippen LogP contribution < -0.4 is 15.7 Å². The van der Waals surface area contributed by atoms with Gasteiger partial charge in [-0.2, -0.15) is 5.10 Å². The van der Waals surface area contributed by atoms with Crippen molar-refractivity contribution in [1.82, 2.24) is 19.7 Å². The van der Waals surface area contributed by atoms with E-state index in [1.165, 1.54) is 16.8 Å². The molecule has 4 rings (SSSR count). The van der Waals surface area contributed by atoms with Gasteiger partial charge in [0.15, 0.2) is 0 Å². The number of hydrogen-bond donors (Lipinski definition) is 1. The van der Waals surface area contributed by atoms with Gasteiger partial charge < -0.3 is 10.1 Å². The number of benzene rings is 2. The summed E-state index contributed by atoms with van der Waals surface area (Å²) in [4.78, 5) is 25.2. The minimum Gasteiger partial charge on any atom is -0.497 e. The van der Waals surface area contributed by atoms with Crippen molar-refractivity contribution in [3.63, 3.8) is 0 Å². The molecule has 1 aliphatic rings. The molecule has 0 fully saturated rings. The monoisotopic (exact) mass is 424 g/mol. The first-order valence-electron chi connectivity index (χ1n) is 10.3. The number of carbonyl (C=O) groups is 1. The third-order valence-electron chi connectivity index (χ3n) is 5.53. The summed E-state index contributed by atoms with van der Waals surface area (Å²) in [5.74, 6) is 1.08. The van der Waals surface area contributed by atoms with E-state index in [1.807, 2.05) is 24.3 Å². The summed E-state index contributed by atoms with van der Waals surface area (Å²) in [5.41, 5.74) is 1.53. The molecule has 1 amide bonds. The van der Waals surface area contributed by atoms with E-state index < -0.39 is 0 Å². The van der Waals surface area contributed by atoms with E-state index in [-0.39, 0.29) is 29.9 Å². The lowest BCUT2D eigenvalue weighted by molar-refractivity contribution is -0.121. The molecule has 2 aromatic carbocycles. The standard InChI is InChI=1S/C23H25FN4O3/c1-31-20-4-2-3-17(13-20)14-22(29)25-19-9-10-21-26-28(23(30)27(21)12-11-19)15-16-5-7-18(24)8-6-16/h2-8,13,19H,9-12,14-15H2,1H3,(H,25,29). The van der Waals surface area contributed by atoms with E-state index in [4.69, 9.17) is 4.74 Å². The largest absolute Gasteiger partial charge is 0.497 e. The molecule has 0 bridgehead atoms. The molecule has 1 unspecified atom stereocenters. The second kappa shape index (κ2) is 9.16. The van der Waals surface area contributed by atoms with Crippen molar-refractivity contribution in [2.75, 3.05) is 7.11 Å². The van der Waals surface area contributed by atoms with Crippen LogP contribution in [0.4, 0.5) is 4.39 Å². The van der Waals surface area contributed by atoms with Gasteiger partial charge in [0.05, 0.1) is 20.1 Å². The average molecular weight is 424 g/mol. The van der Waals surface area contributed by atoms with E-state index in [9.17, 15) is 14.0 Å². The van der Waals surface area contributed by atoms with Crippen LogP contribution in [0.25, 0.3) is 0 Å². The summed E-state index contributed by atoms with van der Waals surface area (Å²) in [5, 5.41) is 7.56. The number of rotatable bonds is 6. The third kappa shape index (κ3) is 5.02. The Morgan fingerprint density at radius 3 is 2.77 bits per heavy atom. The summed E-state index contributed by atoms with van der Waals surface area (Å²) in [6.45, 7) is 0.807. The molecule has 7 nitrogen and oxygen atoms in total. The molecule has 0 aliphatic carbocycles. The van der Waals surface area contributed by atoms with E-state index in [2.05, 4.69) is 10.4 Å². The molecule has 3 aromatic rings. The maximum Gasteiger partial charge on any atom is 0.346 e. The lowest BCUT2D eigenvalue weighted by Crippen LogP contribution is -2.36. The molecular formula is C23H25FN4O3. The number of aromatic nitrogens is 3. The highest BCUT2D eigenvalue weighted by atomic mass is 19.1. The van der Waals surface area contributed by atoms with Crippen LogP contribution in [0.2, 0.25) is 0 Å². The van der Waals surface area contributed by atoms with Gasteiger partial charge in [-0.05, 0) is 48.2 Å². The SMILES string of the molecule is COc1cccc(CC(=O)NC2CCc3nn(Cc4ccc(F)cc4)c(=O)n3CC2)c1. The lowest BCUT2D eigenvalue weighted by Gasteiger charge is -2.16. The number of nitrogens with zero attached hydrogens (tertiary/aromatic N) is 3. The minimum atomic E-state index is -0.309. The average Bonchev–Trinajstić information content (AvgIpc) is 2.92. The molecule has 1 aromatic heterocycles. The van der Waals surface area contributed by atoms with Crippen molar-refractivity contribution < 1.29 is 13.9 Å². The molecule has 1 atom stereocenters. The number of nitrogens with one attached hydrogen (secondary N) is 1. The molecule has 0 radical (unpaired) electrons. The Hall–Kier alpha value is -3.42. The first-order chi connectivity index (χ1) is 15.0. The highest BCUT2D eigenvalue weighted by Gasteiger charge is 2.22. The number of hydrogen-bond acceptors (Lipinski definition) is 4. The van der Waals surface area contributed by atoms with Gasteiger partial charge in [-0.15, -0.1) is 0 Å². The Morgan fingerprint density at radius 1 is 1.19 bits per heavy atom. The summed E-state index contributed by atoms with van der Waals surface area (Å²) < 4.78 is 21.4. The van der Waals surface area contributed by atoms with Crippen molar-refractivity contribution in [3.8, 4) is 5.75 Å². The van der Waals surface area contributed by atoms with Crippen LogP contribution >= 0.6 is 0 Å². The van der Waals surface area contributed by atoms with Crippen molar-refractivity contribution in [2.45, 2.75) is 44.8 Å². The van der Waals surface area contributed by atoms with E-state index in [0.29, 0.717) is 25.9 Å². The summed E-state index contributed by atoms with van der Waals surface area (Å²) in [6, 6.07) is 13.5. The van der Waals surface area contributed by atoms with Gasteiger partial charge in [-0.25, -0.2) is 13.9 Å². The number of carbonyl (C=O) groups excluding carboxylic acids is 1. The zero-order valence-corrected chi connectivity index (χ0v) is 17.4. The highest BCUT2D eigenvalue weighted by Crippen LogP contribution is 2.15. The topological polar surface area (TPSA) is 78.2 Å². The summed E-state index contributed by atoms with van der Waals surface area (Å²) in [6.07, 6.45) is 2.27. The molecule has 1 N–H and O–H groups in total. The quantitative estimate of drug-likeness (QED) is 0.659. The van der Waals surface area contributed by atoms with Crippen LogP contribution in [0.15, 0.2) is 53.3 Å². The molecule has 0 saturated heterocycles. The molecule has 0 saturated carbocycles. The van der Waals surface area contributed by atoms with Gasteiger partial charge in [0.1, 0.15) is 17.4 Å². The van der Waals surface area contributed by atoms with Crippen LogP contribution in [-0.4, -0.2) is 33.4 Å². The Morgan fingerprint density at radius 2 is 2.00 bits per heavy atom. The van der Waals surface area contributed by atoms with Crippen molar-refractivity contribution in [1.29, 1.82) is 0 Å². The molecule has 8 heteroatoms. The third-order valence-corrected chi connectivity index (χ3v) is 5.53. The number of fused-ring (bicyclic) bond motifs is 1. The number of ether oxygens (including phenoxy) is 1. The van der Waals surface area contributed by atoms with Crippen LogP contribution in [-0.2, 0) is 30.7 Å². The van der Waals surface area contributed by atoms with Crippen LogP contribution in [0.3, 0.4) is 0 Å². The van der Waals surface area contributed by atoms with Gasteiger partial charge in [-0.1, -0.05) is 24.3 Å².